The van der Waals surface area contributed by atoms with Crippen LogP contribution in [-0.4, -0.2) is 73.7 Å². The number of methoxy groups -OCH3 is 1. The van der Waals surface area contributed by atoms with Crippen LogP contribution in [-0.2, 0) is 12.8 Å². The monoisotopic (exact) mass is 450 g/mol. The lowest BCUT2D eigenvalue weighted by Gasteiger charge is -2.39. The maximum Gasteiger partial charge on any atom is 0.142 e. The normalized spacial score (nSPS) is 19.4. The van der Waals surface area contributed by atoms with E-state index in [1.165, 1.54) is 55.2 Å². The van der Waals surface area contributed by atoms with E-state index in [-0.39, 0.29) is 12.4 Å². The highest BCUT2D eigenvalue weighted by Gasteiger charge is 2.26. The first-order valence-corrected chi connectivity index (χ1v) is 11.9. The molecule has 1 aromatic carbocycles. The van der Waals surface area contributed by atoms with Crippen LogP contribution in [0.4, 0.5) is 5.69 Å². The van der Waals surface area contributed by atoms with Gasteiger partial charge in [-0.3, -0.25) is 9.80 Å². The molecule has 1 fully saturated rings. The molecule has 2 aliphatic rings. The molecule has 1 saturated heterocycles. The number of fused-ring (bicyclic) bond motifs is 1. The standard InChI is InChI=1S/C23H34N4OS.ClH/c1-3-10-26(19-8-9-20-23(17-19)29-18-24-20)14-11-25-12-15-27(16-13-25)21-6-4-5-7-22(21)28-2;/h4-7,18-19H,3,8-17H2,1-2H3;1H/t19-;/m0./s1. The number of benzene rings is 1. The SMILES string of the molecule is CCCN(CCN1CCN(c2ccccc2OC)CC1)[C@H]1CCc2ncsc2C1.Cl. The molecule has 0 radical (unpaired) electrons. The highest BCUT2D eigenvalue weighted by Crippen LogP contribution is 2.29. The number of hydrogen-bond acceptors (Lipinski definition) is 6. The van der Waals surface area contributed by atoms with Gasteiger partial charge in [0.05, 0.1) is 24.0 Å². The molecule has 0 spiro atoms. The van der Waals surface area contributed by atoms with Gasteiger partial charge in [-0.2, -0.15) is 0 Å². The molecule has 2 aromatic rings. The first-order valence-electron chi connectivity index (χ1n) is 11.0. The Hall–Kier alpha value is -1.34. The number of aromatic nitrogens is 1. The van der Waals surface area contributed by atoms with Crippen molar-refractivity contribution < 1.29 is 4.74 Å². The summed E-state index contributed by atoms with van der Waals surface area (Å²) in [6.07, 6.45) is 4.84. The molecule has 0 saturated carbocycles. The first-order chi connectivity index (χ1) is 14.3. The lowest BCUT2D eigenvalue weighted by atomic mass is 9.96. The fourth-order valence-electron chi connectivity index (χ4n) is 4.73. The van der Waals surface area contributed by atoms with Crippen LogP contribution in [0.1, 0.15) is 30.3 Å². The van der Waals surface area contributed by atoms with Crippen molar-refractivity contribution in [2.75, 3.05) is 57.8 Å². The Balaban J connectivity index is 0.00000256. The van der Waals surface area contributed by atoms with Crippen LogP contribution >= 0.6 is 23.7 Å². The van der Waals surface area contributed by atoms with Crippen molar-refractivity contribution >= 4 is 29.4 Å². The summed E-state index contributed by atoms with van der Waals surface area (Å²) in [7, 11) is 1.76. The number of aryl methyl sites for hydroxylation is 1. The summed E-state index contributed by atoms with van der Waals surface area (Å²) < 4.78 is 5.55. The Morgan fingerprint density at radius 1 is 1.17 bits per heavy atom. The fraction of sp³-hybridized carbons (Fsp3) is 0.609. The quantitative estimate of drug-likeness (QED) is 0.607. The number of anilines is 1. The van der Waals surface area contributed by atoms with Crippen LogP contribution in [0.3, 0.4) is 0 Å². The van der Waals surface area contributed by atoms with Gasteiger partial charge < -0.3 is 9.64 Å². The van der Waals surface area contributed by atoms with E-state index in [9.17, 15) is 0 Å². The zero-order valence-electron chi connectivity index (χ0n) is 18.3. The molecule has 7 heteroatoms. The maximum absolute atomic E-state index is 5.55. The van der Waals surface area contributed by atoms with E-state index in [0.29, 0.717) is 6.04 Å². The second kappa shape index (κ2) is 11.3. The van der Waals surface area contributed by atoms with E-state index in [0.717, 1.165) is 38.3 Å². The Kier molecular flexibility index (Phi) is 8.81. The van der Waals surface area contributed by atoms with Gasteiger partial charge in [-0.25, -0.2) is 4.98 Å². The molecule has 1 aliphatic heterocycles. The number of halogens is 1. The Bertz CT molecular complexity index is 778. The zero-order valence-corrected chi connectivity index (χ0v) is 19.9. The van der Waals surface area contributed by atoms with Gasteiger partial charge in [-0.1, -0.05) is 19.1 Å². The molecular formula is C23H35ClN4OS. The first kappa shape index (κ1) is 23.3. The van der Waals surface area contributed by atoms with Gasteiger partial charge in [0.25, 0.3) is 0 Å². The lowest BCUT2D eigenvalue weighted by Crippen LogP contribution is -2.50. The average molecular weight is 451 g/mol. The van der Waals surface area contributed by atoms with Gasteiger partial charge in [0.2, 0.25) is 0 Å². The van der Waals surface area contributed by atoms with Gasteiger partial charge in [0.1, 0.15) is 5.75 Å². The predicted molar refractivity (Wildman–Crippen MR) is 129 cm³/mol. The molecule has 4 rings (SSSR count). The summed E-state index contributed by atoms with van der Waals surface area (Å²) in [6, 6.07) is 9.07. The average Bonchev–Trinajstić information content (AvgIpc) is 3.25. The zero-order chi connectivity index (χ0) is 20.1. The van der Waals surface area contributed by atoms with Crippen LogP contribution in [0.5, 0.6) is 5.75 Å². The molecule has 1 aromatic heterocycles. The second-order valence-electron chi connectivity index (χ2n) is 8.16. The summed E-state index contributed by atoms with van der Waals surface area (Å²) in [4.78, 5) is 13.9. The topological polar surface area (TPSA) is 31.8 Å². The Morgan fingerprint density at radius 2 is 1.97 bits per heavy atom. The van der Waals surface area contributed by atoms with Crippen molar-refractivity contribution in [3.63, 3.8) is 0 Å². The smallest absolute Gasteiger partial charge is 0.142 e. The molecule has 0 amide bonds. The van der Waals surface area contributed by atoms with E-state index in [2.05, 4.69) is 44.8 Å². The van der Waals surface area contributed by atoms with Gasteiger partial charge in [0.15, 0.2) is 0 Å². The van der Waals surface area contributed by atoms with Crippen molar-refractivity contribution in [1.82, 2.24) is 14.8 Å². The largest absolute Gasteiger partial charge is 0.495 e. The summed E-state index contributed by atoms with van der Waals surface area (Å²) in [6.45, 7) is 10.3. The van der Waals surface area contributed by atoms with E-state index in [1.807, 2.05) is 22.9 Å². The van der Waals surface area contributed by atoms with Crippen molar-refractivity contribution in [3.8, 4) is 5.75 Å². The highest BCUT2D eigenvalue weighted by atomic mass is 35.5. The highest BCUT2D eigenvalue weighted by molar-refractivity contribution is 7.09. The fourth-order valence-corrected chi connectivity index (χ4v) is 5.62. The third-order valence-electron chi connectivity index (χ3n) is 6.39. The third kappa shape index (κ3) is 5.47. The number of rotatable bonds is 8. The van der Waals surface area contributed by atoms with Crippen molar-refractivity contribution in [3.05, 3.63) is 40.3 Å². The minimum atomic E-state index is 0. The van der Waals surface area contributed by atoms with Crippen molar-refractivity contribution in [1.29, 1.82) is 0 Å². The number of ether oxygens (including phenoxy) is 1. The minimum Gasteiger partial charge on any atom is -0.495 e. The van der Waals surface area contributed by atoms with Gasteiger partial charge in [-0.05, 0) is 44.4 Å². The van der Waals surface area contributed by atoms with Crippen LogP contribution < -0.4 is 9.64 Å². The number of nitrogens with zero attached hydrogens (tertiary/aromatic N) is 4. The minimum absolute atomic E-state index is 0. The predicted octanol–water partition coefficient (Wildman–Crippen LogP) is 3.97. The number of piperazine rings is 1. The van der Waals surface area contributed by atoms with Gasteiger partial charge in [-0.15, -0.1) is 23.7 Å². The lowest BCUT2D eigenvalue weighted by molar-refractivity contribution is 0.146. The van der Waals surface area contributed by atoms with E-state index in [1.54, 1.807) is 7.11 Å². The van der Waals surface area contributed by atoms with Crippen LogP contribution in [0.2, 0.25) is 0 Å². The van der Waals surface area contributed by atoms with Gasteiger partial charge in [0, 0.05) is 50.2 Å². The summed E-state index contributed by atoms with van der Waals surface area (Å²) >= 11 is 1.85. The molecule has 166 valence electrons. The summed E-state index contributed by atoms with van der Waals surface area (Å²) in [5.74, 6) is 0.981. The molecule has 30 heavy (non-hydrogen) atoms. The Labute approximate surface area is 191 Å². The molecular weight excluding hydrogens is 416 g/mol. The van der Waals surface area contributed by atoms with Crippen LogP contribution in [0, 0.1) is 0 Å². The summed E-state index contributed by atoms with van der Waals surface area (Å²) in [5, 5.41) is 0. The molecule has 0 bridgehead atoms. The number of hydrogen-bond donors (Lipinski definition) is 0. The molecule has 1 aliphatic carbocycles. The molecule has 2 heterocycles. The third-order valence-corrected chi connectivity index (χ3v) is 7.29. The Morgan fingerprint density at radius 3 is 2.73 bits per heavy atom. The number of thiazole rings is 1. The van der Waals surface area contributed by atoms with Crippen molar-refractivity contribution in [2.24, 2.45) is 0 Å². The molecule has 1 atom stereocenters. The summed E-state index contributed by atoms with van der Waals surface area (Å²) in [5.41, 5.74) is 4.61. The number of para-hydroxylation sites is 2. The van der Waals surface area contributed by atoms with Crippen LogP contribution in [0.15, 0.2) is 29.8 Å². The molecule has 0 N–H and O–H groups in total. The van der Waals surface area contributed by atoms with Gasteiger partial charge >= 0.3 is 0 Å². The molecule has 5 nitrogen and oxygen atoms in total. The van der Waals surface area contributed by atoms with Crippen LogP contribution in [0.25, 0.3) is 0 Å². The van der Waals surface area contributed by atoms with E-state index >= 15 is 0 Å². The van der Waals surface area contributed by atoms with E-state index < -0.39 is 0 Å². The van der Waals surface area contributed by atoms with Crippen molar-refractivity contribution in [2.45, 2.75) is 38.6 Å². The second-order valence-corrected chi connectivity index (χ2v) is 9.09. The van der Waals surface area contributed by atoms with E-state index in [4.69, 9.17) is 4.74 Å². The maximum atomic E-state index is 5.55. The molecule has 0 unspecified atom stereocenters.